The first-order valence-electron chi connectivity index (χ1n) is 9.04. The van der Waals surface area contributed by atoms with Crippen LogP contribution in [0.1, 0.15) is 32.2 Å². The van der Waals surface area contributed by atoms with Crippen LogP contribution in [0.3, 0.4) is 0 Å². The predicted octanol–water partition coefficient (Wildman–Crippen LogP) is 4.73. The number of aromatic nitrogens is 2. The van der Waals surface area contributed by atoms with Gasteiger partial charge in [-0.05, 0) is 0 Å². The van der Waals surface area contributed by atoms with Crippen LogP contribution >= 0.6 is 0 Å². The summed E-state index contributed by atoms with van der Waals surface area (Å²) in [6.07, 6.45) is 0.103. The molecule has 0 fully saturated rings. The Morgan fingerprint density at radius 2 is 1.25 bits per heavy atom. The van der Waals surface area contributed by atoms with Crippen molar-refractivity contribution in [2.75, 3.05) is 0 Å². The third-order valence-electron chi connectivity index (χ3n) is 4.49. The number of nitrogens with zero attached hydrogens (tertiary/aromatic N) is 1. The average molecular weight is 366 g/mol. The Bertz CT molecular complexity index is 1100. The number of ketones is 2. The zero-order valence-electron chi connectivity index (χ0n) is 15.1. The van der Waals surface area contributed by atoms with E-state index >= 15 is 0 Å². The number of nitrogens with one attached hydrogen (secondary N) is 1. The molecule has 4 nitrogen and oxygen atoms in total. The summed E-state index contributed by atoms with van der Waals surface area (Å²) in [7, 11) is 0. The van der Waals surface area contributed by atoms with Crippen molar-refractivity contribution in [2.24, 2.45) is 0 Å². The van der Waals surface area contributed by atoms with E-state index in [-0.39, 0.29) is 18.0 Å². The Labute approximate surface area is 162 Å². The molecule has 0 unspecified atom stereocenters. The summed E-state index contributed by atoms with van der Waals surface area (Å²) in [6, 6.07) is 27.7. The minimum Gasteiger partial charge on any atom is -0.338 e. The Hall–Kier alpha value is -3.79. The second kappa shape index (κ2) is 7.84. The number of rotatable bonds is 6. The average Bonchev–Trinajstić information content (AvgIpc) is 3.19. The lowest BCUT2D eigenvalue weighted by Crippen LogP contribution is -2.06. The quantitative estimate of drug-likeness (QED) is 0.502. The molecule has 4 heteroatoms. The molecule has 4 rings (SSSR count). The minimum absolute atomic E-state index is 0.0485. The third kappa shape index (κ3) is 3.67. The molecular weight excluding hydrogens is 348 g/mol. The molecule has 4 aromatic rings. The molecule has 0 saturated heterocycles. The van der Waals surface area contributed by atoms with Gasteiger partial charge in [0.05, 0.1) is 12.1 Å². The Morgan fingerprint density at radius 3 is 1.86 bits per heavy atom. The molecule has 0 aliphatic heterocycles. The van der Waals surface area contributed by atoms with Gasteiger partial charge in [0.25, 0.3) is 0 Å². The van der Waals surface area contributed by atoms with Crippen LogP contribution in [0.15, 0.2) is 91.0 Å². The van der Waals surface area contributed by atoms with E-state index < -0.39 is 0 Å². The van der Waals surface area contributed by atoms with Gasteiger partial charge in [0, 0.05) is 16.7 Å². The van der Waals surface area contributed by atoms with Crippen molar-refractivity contribution in [1.29, 1.82) is 0 Å². The zero-order chi connectivity index (χ0) is 19.3. The van der Waals surface area contributed by atoms with Crippen LogP contribution < -0.4 is 0 Å². The maximum absolute atomic E-state index is 13.1. The molecule has 0 saturated carbocycles. The van der Waals surface area contributed by atoms with Crippen molar-refractivity contribution < 1.29 is 9.59 Å². The van der Waals surface area contributed by atoms with Crippen molar-refractivity contribution in [1.82, 2.24) is 9.97 Å². The summed E-state index contributed by atoms with van der Waals surface area (Å²) in [5.41, 5.74) is 2.98. The van der Waals surface area contributed by atoms with Gasteiger partial charge in [-0.2, -0.15) is 0 Å². The topological polar surface area (TPSA) is 62.8 Å². The van der Waals surface area contributed by atoms with Crippen LogP contribution in [0.5, 0.6) is 0 Å². The summed E-state index contributed by atoms with van der Waals surface area (Å²) in [5.74, 6) is 0.282. The lowest BCUT2D eigenvalue weighted by Gasteiger charge is -2.02. The van der Waals surface area contributed by atoms with Gasteiger partial charge in [-0.3, -0.25) is 9.59 Å². The fourth-order valence-electron chi connectivity index (χ4n) is 3.09. The number of hydrogen-bond donors (Lipinski definition) is 1. The number of H-pyrrole nitrogens is 1. The second-order valence-electron chi connectivity index (χ2n) is 6.43. The van der Waals surface area contributed by atoms with Crippen LogP contribution in [0, 0.1) is 0 Å². The van der Waals surface area contributed by atoms with E-state index in [2.05, 4.69) is 9.97 Å². The number of aromatic amines is 1. The van der Waals surface area contributed by atoms with Crippen LogP contribution in [-0.2, 0) is 6.42 Å². The van der Waals surface area contributed by atoms with Crippen molar-refractivity contribution >= 4 is 11.6 Å². The fraction of sp³-hybridized carbons (Fsp3) is 0.0417. The van der Waals surface area contributed by atoms with E-state index in [0.29, 0.717) is 28.3 Å². The maximum atomic E-state index is 13.1. The molecule has 1 heterocycles. The molecule has 0 amide bonds. The first-order chi connectivity index (χ1) is 13.7. The van der Waals surface area contributed by atoms with Crippen LogP contribution in [0.2, 0.25) is 0 Å². The van der Waals surface area contributed by atoms with Gasteiger partial charge in [0.1, 0.15) is 11.5 Å². The van der Waals surface area contributed by atoms with Gasteiger partial charge in [0.2, 0.25) is 5.78 Å². The number of imidazole rings is 1. The van der Waals surface area contributed by atoms with Gasteiger partial charge in [0.15, 0.2) is 5.78 Å². The lowest BCUT2D eigenvalue weighted by atomic mass is 10.0. The minimum atomic E-state index is -0.148. The first kappa shape index (κ1) is 17.6. The molecule has 0 spiro atoms. The van der Waals surface area contributed by atoms with E-state index in [4.69, 9.17) is 0 Å². The summed E-state index contributed by atoms with van der Waals surface area (Å²) in [4.78, 5) is 33.3. The number of Topliss-reactive ketones (excluding diaryl/α,β-unsaturated/α-hetero) is 1. The monoisotopic (exact) mass is 366 g/mol. The molecule has 0 radical (unpaired) electrons. The molecule has 0 aliphatic carbocycles. The fourth-order valence-corrected chi connectivity index (χ4v) is 3.09. The number of carbonyl (C=O) groups excluding carboxylic acids is 2. The highest BCUT2D eigenvalue weighted by molar-refractivity contribution is 6.11. The summed E-state index contributed by atoms with van der Waals surface area (Å²) in [5, 5.41) is 0. The molecule has 0 atom stereocenters. The SMILES string of the molecule is O=C(Cc1nc(-c2ccccc2)c(C(=O)c2ccccc2)[nH]1)c1ccccc1. The van der Waals surface area contributed by atoms with Crippen molar-refractivity contribution in [3.63, 3.8) is 0 Å². The van der Waals surface area contributed by atoms with Gasteiger partial charge in [-0.25, -0.2) is 4.98 Å². The zero-order valence-corrected chi connectivity index (χ0v) is 15.1. The molecule has 0 bridgehead atoms. The van der Waals surface area contributed by atoms with Gasteiger partial charge >= 0.3 is 0 Å². The second-order valence-corrected chi connectivity index (χ2v) is 6.43. The lowest BCUT2D eigenvalue weighted by molar-refractivity contribution is 0.0987. The molecule has 3 aromatic carbocycles. The normalized spacial score (nSPS) is 10.6. The third-order valence-corrected chi connectivity index (χ3v) is 4.49. The molecule has 136 valence electrons. The summed E-state index contributed by atoms with van der Waals surface area (Å²) in [6.45, 7) is 0. The maximum Gasteiger partial charge on any atom is 0.211 e. The summed E-state index contributed by atoms with van der Waals surface area (Å²) < 4.78 is 0. The van der Waals surface area contributed by atoms with E-state index in [9.17, 15) is 9.59 Å². The highest BCUT2D eigenvalue weighted by Gasteiger charge is 2.21. The number of hydrogen-bond acceptors (Lipinski definition) is 3. The van der Waals surface area contributed by atoms with Crippen molar-refractivity contribution in [3.05, 3.63) is 114 Å². The molecule has 28 heavy (non-hydrogen) atoms. The Balaban J connectivity index is 1.72. The number of benzene rings is 3. The predicted molar refractivity (Wildman–Crippen MR) is 108 cm³/mol. The largest absolute Gasteiger partial charge is 0.338 e. The standard InChI is InChI=1S/C24H18N2O2/c27-20(17-10-4-1-5-11-17)16-21-25-22(18-12-6-2-7-13-18)23(26-21)24(28)19-14-8-3-9-15-19/h1-15H,16H2,(H,25,26). The molecule has 1 aromatic heterocycles. The van der Waals surface area contributed by atoms with E-state index in [1.165, 1.54) is 0 Å². The Morgan fingerprint density at radius 1 is 0.714 bits per heavy atom. The van der Waals surface area contributed by atoms with E-state index in [1.54, 1.807) is 24.3 Å². The van der Waals surface area contributed by atoms with Crippen LogP contribution in [0.25, 0.3) is 11.3 Å². The van der Waals surface area contributed by atoms with Gasteiger partial charge < -0.3 is 4.98 Å². The highest BCUT2D eigenvalue weighted by atomic mass is 16.1. The van der Waals surface area contributed by atoms with Crippen molar-refractivity contribution in [3.8, 4) is 11.3 Å². The van der Waals surface area contributed by atoms with E-state index in [0.717, 1.165) is 5.56 Å². The Kier molecular flexibility index (Phi) is 4.93. The molecular formula is C24H18N2O2. The number of carbonyl (C=O) groups is 2. The first-order valence-corrected chi connectivity index (χ1v) is 9.04. The van der Waals surface area contributed by atoms with Crippen LogP contribution in [-0.4, -0.2) is 21.5 Å². The summed E-state index contributed by atoms with van der Waals surface area (Å²) >= 11 is 0. The van der Waals surface area contributed by atoms with Crippen molar-refractivity contribution in [2.45, 2.75) is 6.42 Å². The van der Waals surface area contributed by atoms with Gasteiger partial charge in [-0.15, -0.1) is 0 Å². The molecule has 0 aliphatic rings. The smallest absolute Gasteiger partial charge is 0.211 e. The van der Waals surface area contributed by atoms with E-state index in [1.807, 2.05) is 66.7 Å². The molecule has 1 N–H and O–H groups in total. The van der Waals surface area contributed by atoms with Crippen LogP contribution in [0.4, 0.5) is 0 Å². The van der Waals surface area contributed by atoms with Gasteiger partial charge in [-0.1, -0.05) is 91.0 Å². The highest BCUT2D eigenvalue weighted by Crippen LogP contribution is 2.24.